The SMILES string of the molecule is Cc1c(C(N)=O)c(Cc2ccc(C#N)cc2)cn1Cc1cccc(C#N)c1. The van der Waals surface area contributed by atoms with Crippen molar-refractivity contribution in [1.29, 1.82) is 10.5 Å². The molecular weight excluding hydrogens is 336 g/mol. The van der Waals surface area contributed by atoms with Crippen molar-refractivity contribution in [2.75, 3.05) is 0 Å². The molecule has 1 amide bonds. The van der Waals surface area contributed by atoms with Crippen molar-refractivity contribution in [1.82, 2.24) is 4.57 Å². The molecule has 2 aromatic carbocycles. The maximum absolute atomic E-state index is 12.0. The summed E-state index contributed by atoms with van der Waals surface area (Å²) in [6.07, 6.45) is 2.49. The molecule has 0 saturated carbocycles. The summed E-state index contributed by atoms with van der Waals surface area (Å²) in [6.45, 7) is 2.42. The van der Waals surface area contributed by atoms with E-state index in [1.807, 2.05) is 48.0 Å². The lowest BCUT2D eigenvalue weighted by Crippen LogP contribution is -2.14. The van der Waals surface area contributed by atoms with Crippen molar-refractivity contribution in [2.24, 2.45) is 5.73 Å². The summed E-state index contributed by atoms with van der Waals surface area (Å²) in [4.78, 5) is 12.0. The highest BCUT2D eigenvalue weighted by Crippen LogP contribution is 2.22. The smallest absolute Gasteiger partial charge is 0.250 e. The van der Waals surface area contributed by atoms with Gasteiger partial charge in [-0.1, -0.05) is 24.3 Å². The minimum Gasteiger partial charge on any atom is -0.366 e. The van der Waals surface area contributed by atoms with Crippen LogP contribution in [0.1, 0.15) is 43.9 Å². The second-order valence-electron chi connectivity index (χ2n) is 6.40. The number of carbonyl (C=O) groups is 1. The first-order chi connectivity index (χ1) is 13.0. The van der Waals surface area contributed by atoms with Crippen molar-refractivity contribution in [3.8, 4) is 12.1 Å². The molecule has 132 valence electrons. The van der Waals surface area contributed by atoms with E-state index in [9.17, 15) is 4.79 Å². The van der Waals surface area contributed by atoms with E-state index in [4.69, 9.17) is 16.3 Å². The van der Waals surface area contributed by atoms with Crippen molar-refractivity contribution >= 4 is 5.91 Å². The Morgan fingerprint density at radius 1 is 1.04 bits per heavy atom. The maximum atomic E-state index is 12.0. The third kappa shape index (κ3) is 3.89. The fourth-order valence-electron chi connectivity index (χ4n) is 3.21. The van der Waals surface area contributed by atoms with Crippen molar-refractivity contribution in [3.05, 3.63) is 93.8 Å². The Kier molecular flexibility index (Phi) is 5.06. The number of carbonyl (C=O) groups excluding carboxylic acids is 1. The molecule has 0 aliphatic carbocycles. The van der Waals surface area contributed by atoms with Gasteiger partial charge >= 0.3 is 0 Å². The summed E-state index contributed by atoms with van der Waals surface area (Å²) in [5, 5.41) is 18.0. The number of amides is 1. The summed E-state index contributed by atoms with van der Waals surface area (Å²) < 4.78 is 1.98. The van der Waals surface area contributed by atoms with Gasteiger partial charge in [0.1, 0.15) is 0 Å². The van der Waals surface area contributed by atoms with Gasteiger partial charge in [-0.15, -0.1) is 0 Å². The zero-order valence-corrected chi connectivity index (χ0v) is 14.9. The molecule has 3 aromatic rings. The second-order valence-corrected chi connectivity index (χ2v) is 6.40. The van der Waals surface area contributed by atoms with Gasteiger partial charge in [-0.3, -0.25) is 4.79 Å². The molecule has 0 unspecified atom stereocenters. The Morgan fingerprint density at radius 2 is 1.74 bits per heavy atom. The number of primary amides is 1. The van der Waals surface area contributed by atoms with Gasteiger partial charge in [0.25, 0.3) is 5.91 Å². The van der Waals surface area contributed by atoms with Gasteiger partial charge in [0, 0.05) is 18.4 Å². The van der Waals surface area contributed by atoms with Crippen LogP contribution in [-0.4, -0.2) is 10.5 Å². The van der Waals surface area contributed by atoms with E-state index in [0.29, 0.717) is 29.7 Å². The van der Waals surface area contributed by atoms with Crippen LogP contribution in [0.3, 0.4) is 0 Å². The molecule has 0 aliphatic heterocycles. The number of nitrogens with two attached hydrogens (primary N) is 1. The topological polar surface area (TPSA) is 95.6 Å². The summed E-state index contributed by atoms with van der Waals surface area (Å²) in [7, 11) is 0. The van der Waals surface area contributed by atoms with Gasteiger partial charge < -0.3 is 10.3 Å². The normalized spacial score (nSPS) is 10.2. The molecule has 0 fully saturated rings. The van der Waals surface area contributed by atoms with Crippen LogP contribution in [-0.2, 0) is 13.0 Å². The maximum Gasteiger partial charge on any atom is 0.250 e. The summed E-state index contributed by atoms with van der Waals surface area (Å²) >= 11 is 0. The highest BCUT2D eigenvalue weighted by molar-refractivity contribution is 5.95. The van der Waals surface area contributed by atoms with Gasteiger partial charge in [0.15, 0.2) is 0 Å². The van der Waals surface area contributed by atoms with E-state index in [2.05, 4.69) is 12.1 Å². The van der Waals surface area contributed by atoms with Crippen molar-refractivity contribution in [2.45, 2.75) is 19.9 Å². The minimum absolute atomic E-state index is 0.458. The zero-order valence-electron chi connectivity index (χ0n) is 14.9. The van der Waals surface area contributed by atoms with Crippen molar-refractivity contribution in [3.63, 3.8) is 0 Å². The Balaban J connectivity index is 1.94. The number of hydrogen-bond acceptors (Lipinski definition) is 3. The molecule has 0 radical (unpaired) electrons. The molecule has 0 saturated heterocycles. The average Bonchev–Trinajstić information content (AvgIpc) is 2.97. The standard InChI is InChI=1S/C22H18N4O/c1-15-21(22(25)27)20(10-16-5-7-17(11-23)8-6-16)14-26(15)13-19-4-2-3-18(9-19)12-24/h2-9,14H,10,13H2,1H3,(H2,25,27). The van der Waals surface area contributed by atoms with Crippen LogP contribution < -0.4 is 5.73 Å². The third-order valence-electron chi connectivity index (χ3n) is 4.56. The fourth-order valence-corrected chi connectivity index (χ4v) is 3.21. The van der Waals surface area contributed by atoms with E-state index in [1.165, 1.54) is 0 Å². The van der Waals surface area contributed by atoms with Crippen LogP contribution in [0.2, 0.25) is 0 Å². The lowest BCUT2D eigenvalue weighted by Gasteiger charge is -2.07. The molecule has 0 atom stereocenters. The van der Waals surface area contributed by atoms with E-state index >= 15 is 0 Å². The molecule has 1 aromatic heterocycles. The molecule has 0 bridgehead atoms. The highest BCUT2D eigenvalue weighted by Gasteiger charge is 2.17. The average molecular weight is 354 g/mol. The van der Waals surface area contributed by atoms with Crippen LogP contribution in [0.25, 0.3) is 0 Å². The van der Waals surface area contributed by atoms with Crippen LogP contribution in [0, 0.1) is 29.6 Å². The molecule has 2 N–H and O–H groups in total. The fraction of sp³-hybridized carbons (Fsp3) is 0.136. The monoisotopic (exact) mass is 354 g/mol. The lowest BCUT2D eigenvalue weighted by molar-refractivity contribution is 0.0999. The predicted molar refractivity (Wildman–Crippen MR) is 102 cm³/mol. The Labute approximate surface area is 157 Å². The number of aromatic nitrogens is 1. The molecule has 0 aliphatic rings. The van der Waals surface area contributed by atoms with E-state index in [1.54, 1.807) is 18.2 Å². The molecule has 5 nitrogen and oxygen atoms in total. The van der Waals surface area contributed by atoms with Crippen LogP contribution in [0.5, 0.6) is 0 Å². The molecular formula is C22H18N4O. The number of nitrogens with zero attached hydrogens (tertiary/aromatic N) is 3. The predicted octanol–water partition coefficient (Wildman–Crippen LogP) is 3.28. The lowest BCUT2D eigenvalue weighted by atomic mass is 10.0. The molecule has 27 heavy (non-hydrogen) atoms. The third-order valence-corrected chi connectivity index (χ3v) is 4.56. The summed E-state index contributed by atoms with van der Waals surface area (Å²) in [6, 6.07) is 18.9. The largest absolute Gasteiger partial charge is 0.366 e. The Hall–Kier alpha value is -3.83. The number of benzene rings is 2. The molecule has 5 heteroatoms. The number of rotatable bonds is 5. The highest BCUT2D eigenvalue weighted by atomic mass is 16.1. The van der Waals surface area contributed by atoms with Gasteiger partial charge in [-0.25, -0.2) is 0 Å². The minimum atomic E-state index is -0.458. The quantitative estimate of drug-likeness (QED) is 0.761. The van der Waals surface area contributed by atoms with Crippen LogP contribution in [0.15, 0.2) is 54.7 Å². The first-order valence-corrected chi connectivity index (χ1v) is 8.48. The van der Waals surface area contributed by atoms with Gasteiger partial charge in [0.2, 0.25) is 0 Å². The van der Waals surface area contributed by atoms with Crippen LogP contribution >= 0.6 is 0 Å². The van der Waals surface area contributed by atoms with E-state index in [0.717, 1.165) is 22.4 Å². The second kappa shape index (κ2) is 7.59. The molecule has 1 heterocycles. The Morgan fingerprint density at radius 3 is 2.37 bits per heavy atom. The van der Waals surface area contributed by atoms with Gasteiger partial charge in [-0.2, -0.15) is 10.5 Å². The molecule has 3 rings (SSSR count). The number of hydrogen-bond donors (Lipinski definition) is 1. The first-order valence-electron chi connectivity index (χ1n) is 8.48. The summed E-state index contributed by atoms with van der Waals surface area (Å²) in [5.74, 6) is -0.458. The summed E-state index contributed by atoms with van der Waals surface area (Å²) in [5.41, 5.74) is 11.0. The van der Waals surface area contributed by atoms with Crippen molar-refractivity contribution < 1.29 is 4.79 Å². The zero-order chi connectivity index (χ0) is 19.4. The molecule has 0 spiro atoms. The van der Waals surface area contributed by atoms with Crippen LogP contribution in [0.4, 0.5) is 0 Å². The van der Waals surface area contributed by atoms with Gasteiger partial charge in [0.05, 0.1) is 28.8 Å². The van der Waals surface area contributed by atoms with E-state index < -0.39 is 5.91 Å². The Bertz CT molecular complexity index is 1080. The van der Waals surface area contributed by atoms with E-state index in [-0.39, 0.29) is 0 Å². The number of nitriles is 2. The van der Waals surface area contributed by atoms with Gasteiger partial charge in [-0.05, 0) is 54.3 Å². The first kappa shape index (κ1) is 18.0.